The fourth-order valence-electron chi connectivity index (χ4n) is 2.29. The Kier molecular flexibility index (Phi) is 4.79. The van der Waals surface area contributed by atoms with Crippen molar-refractivity contribution in [3.63, 3.8) is 0 Å². The van der Waals surface area contributed by atoms with Gasteiger partial charge in [-0.1, -0.05) is 12.1 Å². The Morgan fingerprint density at radius 1 is 1.50 bits per heavy atom. The van der Waals surface area contributed by atoms with Gasteiger partial charge in [0.15, 0.2) is 5.76 Å². The number of hydrogen-bond donors (Lipinski definition) is 1. The van der Waals surface area contributed by atoms with Crippen LogP contribution < -0.4 is 5.32 Å². The molecular formula is C14H20N4O4. The van der Waals surface area contributed by atoms with Crippen LogP contribution in [0.15, 0.2) is 10.6 Å². The van der Waals surface area contributed by atoms with Crippen molar-refractivity contribution in [3.8, 4) is 0 Å². The van der Waals surface area contributed by atoms with Gasteiger partial charge in [0.25, 0.3) is 5.91 Å². The standard InChI is InChI=1S/C14H20N4O4/c1-4-5-18-13(20)11(15-14(18)21)7-12(19)17(3)8-10-6-9(2)16-22-10/h6,11H,4-5,7-8H2,1-3H3,(H,15,21). The van der Waals surface area contributed by atoms with E-state index in [2.05, 4.69) is 10.5 Å². The molecule has 0 saturated carbocycles. The minimum atomic E-state index is -0.787. The fraction of sp³-hybridized carbons (Fsp3) is 0.571. The number of carbonyl (C=O) groups is 3. The molecule has 1 unspecified atom stereocenters. The molecule has 1 atom stereocenters. The number of urea groups is 1. The van der Waals surface area contributed by atoms with Gasteiger partial charge >= 0.3 is 6.03 Å². The second-order valence-electron chi connectivity index (χ2n) is 5.38. The van der Waals surface area contributed by atoms with E-state index >= 15 is 0 Å². The van der Waals surface area contributed by atoms with Crippen LogP contribution in [0.25, 0.3) is 0 Å². The van der Waals surface area contributed by atoms with Gasteiger partial charge in [-0.25, -0.2) is 4.79 Å². The number of imide groups is 1. The van der Waals surface area contributed by atoms with E-state index in [0.717, 1.165) is 10.6 Å². The number of nitrogens with one attached hydrogen (secondary N) is 1. The smallest absolute Gasteiger partial charge is 0.324 e. The average Bonchev–Trinajstić information content (AvgIpc) is 2.98. The maximum Gasteiger partial charge on any atom is 0.324 e. The lowest BCUT2D eigenvalue weighted by Gasteiger charge is -2.17. The molecule has 1 N–H and O–H groups in total. The molecule has 0 radical (unpaired) electrons. The van der Waals surface area contributed by atoms with E-state index in [4.69, 9.17) is 4.52 Å². The maximum atomic E-state index is 12.2. The quantitative estimate of drug-likeness (QED) is 0.779. The number of aromatic nitrogens is 1. The summed E-state index contributed by atoms with van der Waals surface area (Å²) in [6, 6.07) is 0.526. The van der Waals surface area contributed by atoms with Gasteiger partial charge in [0.1, 0.15) is 6.04 Å². The Morgan fingerprint density at radius 3 is 2.82 bits per heavy atom. The van der Waals surface area contributed by atoms with Crippen LogP contribution in [0.5, 0.6) is 0 Å². The first kappa shape index (κ1) is 16.0. The van der Waals surface area contributed by atoms with Gasteiger partial charge < -0.3 is 14.7 Å². The first-order valence-corrected chi connectivity index (χ1v) is 7.20. The summed E-state index contributed by atoms with van der Waals surface area (Å²) in [5, 5.41) is 6.30. The highest BCUT2D eigenvalue weighted by Crippen LogP contribution is 2.12. The Labute approximate surface area is 128 Å². The zero-order valence-electron chi connectivity index (χ0n) is 13.0. The van der Waals surface area contributed by atoms with Crippen LogP contribution >= 0.6 is 0 Å². The lowest BCUT2D eigenvalue weighted by molar-refractivity contribution is -0.135. The zero-order valence-corrected chi connectivity index (χ0v) is 13.0. The van der Waals surface area contributed by atoms with Crippen molar-refractivity contribution in [1.82, 2.24) is 20.3 Å². The van der Waals surface area contributed by atoms with Crippen molar-refractivity contribution >= 4 is 17.8 Å². The molecule has 2 heterocycles. The normalized spacial score (nSPS) is 17.8. The largest absolute Gasteiger partial charge is 0.359 e. The third kappa shape index (κ3) is 3.44. The van der Waals surface area contributed by atoms with E-state index in [1.54, 1.807) is 20.0 Å². The number of amides is 4. The SMILES string of the molecule is CCCN1C(=O)NC(CC(=O)N(C)Cc2cc(C)no2)C1=O. The Morgan fingerprint density at radius 2 is 2.23 bits per heavy atom. The van der Waals surface area contributed by atoms with Crippen LogP contribution in [0.4, 0.5) is 4.79 Å². The summed E-state index contributed by atoms with van der Waals surface area (Å²) >= 11 is 0. The van der Waals surface area contributed by atoms with Crippen LogP contribution in [0.2, 0.25) is 0 Å². The Bertz CT molecular complexity index is 583. The van der Waals surface area contributed by atoms with Gasteiger partial charge in [0.2, 0.25) is 5.91 Å². The first-order chi connectivity index (χ1) is 10.4. The second-order valence-corrected chi connectivity index (χ2v) is 5.38. The van der Waals surface area contributed by atoms with Crippen LogP contribution in [0, 0.1) is 6.92 Å². The molecule has 0 aliphatic carbocycles. The molecule has 1 fully saturated rings. The fourth-order valence-corrected chi connectivity index (χ4v) is 2.29. The van der Waals surface area contributed by atoms with Crippen LogP contribution in [0.3, 0.4) is 0 Å². The summed E-state index contributed by atoms with van der Waals surface area (Å²) < 4.78 is 5.05. The summed E-state index contributed by atoms with van der Waals surface area (Å²) in [7, 11) is 1.62. The number of carbonyl (C=O) groups excluding carboxylic acids is 3. The molecule has 1 aromatic heterocycles. The predicted octanol–water partition coefficient (Wildman–Crippen LogP) is 0.662. The van der Waals surface area contributed by atoms with Crippen molar-refractivity contribution < 1.29 is 18.9 Å². The summed E-state index contributed by atoms with van der Waals surface area (Å²) in [5.41, 5.74) is 0.740. The van der Waals surface area contributed by atoms with Crippen molar-refractivity contribution in [2.45, 2.75) is 39.3 Å². The van der Waals surface area contributed by atoms with Crippen LogP contribution in [0.1, 0.15) is 31.2 Å². The summed E-state index contributed by atoms with van der Waals surface area (Å²) in [6.07, 6.45) is 0.624. The third-order valence-corrected chi connectivity index (χ3v) is 3.43. The molecule has 1 aliphatic rings. The molecule has 120 valence electrons. The van der Waals surface area contributed by atoms with Crippen LogP contribution in [-0.2, 0) is 16.1 Å². The molecule has 0 spiro atoms. The number of rotatable bonds is 6. The zero-order chi connectivity index (χ0) is 16.3. The highest BCUT2D eigenvalue weighted by molar-refractivity contribution is 6.05. The topological polar surface area (TPSA) is 95.8 Å². The lowest BCUT2D eigenvalue weighted by atomic mass is 10.2. The van der Waals surface area contributed by atoms with E-state index < -0.39 is 12.1 Å². The number of nitrogens with zero attached hydrogens (tertiary/aromatic N) is 3. The second kappa shape index (κ2) is 6.59. The minimum Gasteiger partial charge on any atom is -0.359 e. The van der Waals surface area contributed by atoms with Gasteiger partial charge in [-0.3, -0.25) is 14.5 Å². The molecule has 1 saturated heterocycles. The van der Waals surface area contributed by atoms with Crippen molar-refractivity contribution in [1.29, 1.82) is 0 Å². The van der Waals surface area contributed by atoms with E-state index in [9.17, 15) is 14.4 Å². The third-order valence-electron chi connectivity index (χ3n) is 3.43. The van der Waals surface area contributed by atoms with Gasteiger partial charge in [0.05, 0.1) is 18.7 Å². The predicted molar refractivity (Wildman–Crippen MR) is 76.7 cm³/mol. The molecule has 8 heteroatoms. The van der Waals surface area contributed by atoms with Gasteiger partial charge in [-0.15, -0.1) is 0 Å². The molecule has 22 heavy (non-hydrogen) atoms. The van der Waals surface area contributed by atoms with Gasteiger partial charge in [-0.05, 0) is 13.3 Å². The van der Waals surface area contributed by atoms with Crippen molar-refractivity contribution in [2.75, 3.05) is 13.6 Å². The molecule has 0 aromatic carbocycles. The van der Waals surface area contributed by atoms with Crippen molar-refractivity contribution in [2.24, 2.45) is 0 Å². The van der Waals surface area contributed by atoms with Crippen molar-refractivity contribution in [3.05, 3.63) is 17.5 Å². The molecular weight excluding hydrogens is 288 g/mol. The lowest BCUT2D eigenvalue weighted by Crippen LogP contribution is -2.37. The molecule has 2 rings (SSSR count). The molecule has 1 aliphatic heterocycles. The molecule has 4 amide bonds. The highest BCUT2D eigenvalue weighted by Gasteiger charge is 2.38. The molecule has 0 bridgehead atoms. The van der Waals surface area contributed by atoms with Gasteiger partial charge in [0, 0.05) is 19.7 Å². The van der Waals surface area contributed by atoms with E-state index in [0.29, 0.717) is 18.7 Å². The van der Waals surface area contributed by atoms with E-state index in [1.807, 2.05) is 6.92 Å². The monoisotopic (exact) mass is 308 g/mol. The maximum absolute atomic E-state index is 12.2. The molecule has 8 nitrogen and oxygen atoms in total. The highest BCUT2D eigenvalue weighted by atomic mass is 16.5. The van der Waals surface area contributed by atoms with Crippen LogP contribution in [-0.4, -0.2) is 52.4 Å². The van der Waals surface area contributed by atoms with E-state index in [1.165, 1.54) is 4.90 Å². The average molecular weight is 308 g/mol. The van der Waals surface area contributed by atoms with E-state index in [-0.39, 0.29) is 24.8 Å². The summed E-state index contributed by atoms with van der Waals surface area (Å²) in [6.45, 7) is 4.31. The Balaban J connectivity index is 1.91. The molecule has 1 aromatic rings. The summed E-state index contributed by atoms with van der Waals surface area (Å²) in [5.74, 6) is -0.0158. The first-order valence-electron chi connectivity index (χ1n) is 7.20. The number of hydrogen-bond acceptors (Lipinski definition) is 5. The van der Waals surface area contributed by atoms with Gasteiger partial charge in [-0.2, -0.15) is 0 Å². The number of aryl methyl sites for hydroxylation is 1. The Hall–Kier alpha value is -2.38. The minimum absolute atomic E-state index is 0.0611. The summed E-state index contributed by atoms with van der Waals surface area (Å²) in [4.78, 5) is 38.5.